The van der Waals surface area contributed by atoms with Crippen LogP contribution in [-0.2, 0) is 0 Å². The summed E-state index contributed by atoms with van der Waals surface area (Å²) in [6.45, 7) is 0. The van der Waals surface area contributed by atoms with E-state index >= 15 is 0 Å². The zero-order chi connectivity index (χ0) is 32.3. The zero-order valence-corrected chi connectivity index (χ0v) is 26.5. The summed E-state index contributed by atoms with van der Waals surface area (Å²) < 4.78 is 13.1. The predicted molar refractivity (Wildman–Crippen MR) is 204 cm³/mol. The highest BCUT2D eigenvalue weighted by atomic mass is 16.3. The largest absolute Gasteiger partial charge is 0.455 e. The van der Waals surface area contributed by atoms with Crippen molar-refractivity contribution in [1.82, 2.24) is 0 Å². The Morgan fingerprint density at radius 2 is 1.06 bits per heavy atom. The van der Waals surface area contributed by atoms with Gasteiger partial charge in [-0.3, -0.25) is 0 Å². The Morgan fingerprint density at radius 3 is 1.96 bits per heavy atom. The molecule has 2 aromatic heterocycles. The fraction of sp³-hybridized carbons (Fsp3) is 0. The lowest BCUT2D eigenvalue weighted by Gasteiger charge is -2.26. The Hall–Kier alpha value is -6.58. The summed E-state index contributed by atoms with van der Waals surface area (Å²) in [5, 5.41) is 6.78. The van der Waals surface area contributed by atoms with Crippen LogP contribution >= 0.6 is 0 Å². The molecule has 0 aliphatic rings. The third kappa shape index (κ3) is 4.44. The first kappa shape index (κ1) is 27.5. The molecule has 10 rings (SSSR count). The molecule has 8 aromatic carbocycles. The van der Waals surface area contributed by atoms with Gasteiger partial charge in [0.25, 0.3) is 0 Å². The number of benzene rings is 8. The SMILES string of the molecule is c1ccc(-c2cccc(N(c3ccc(-c4cccc5oc6c7ccccc7ccc6c45)cc3)c3cccc4c3oc3ccccc34)c2)cc1. The van der Waals surface area contributed by atoms with E-state index in [4.69, 9.17) is 8.83 Å². The molecule has 0 amide bonds. The minimum Gasteiger partial charge on any atom is -0.455 e. The summed E-state index contributed by atoms with van der Waals surface area (Å²) in [6, 6.07) is 61.9. The van der Waals surface area contributed by atoms with Crippen molar-refractivity contribution in [1.29, 1.82) is 0 Å². The molecule has 0 spiro atoms. The first-order chi connectivity index (χ1) is 24.3. The minimum absolute atomic E-state index is 0.861. The molecule has 0 N–H and O–H groups in total. The van der Waals surface area contributed by atoms with Gasteiger partial charge >= 0.3 is 0 Å². The molecule has 0 radical (unpaired) electrons. The number of fused-ring (bicyclic) bond motifs is 8. The second-order valence-corrected chi connectivity index (χ2v) is 12.5. The lowest BCUT2D eigenvalue weighted by molar-refractivity contribution is 0.669. The normalized spacial score (nSPS) is 11.7. The van der Waals surface area contributed by atoms with E-state index in [0.29, 0.717) is 0 Å². The quantitative estimate of drug-likeness (QED) is 0.190. The highest BCUT2D eigenvalue weighted by molar-refractivity contribution is 6.19. The van der Waals surface area contributed by atoms with E-state index in [1.165, 1.54) is 10.9 Å². The van der Waals surface area contributed by atoms with Crippen LogP contribution in [0.3, 0.4) is 0 Å². The maximum absolute atomic E-state index is 6.57. The molecule has 0 saturated carbocycles. The molecule has 10 aromatic rings. The molecular formula is C46H29NO2. The zero-order valence-electron chi connectivity index (χ0n) is 26.5. The van der Waals surface area contributed by atoms with Crippen molar-refractivity contribution in [3.05, 3.63) is 176 Å². The van der Waals surface area contributed by atoms with Crippen molar-refractivity contribution in [3.8, 4) is 22.3 Å². The Balaban J connectivity index is 1.15. The molecule has 230 valence electrons. The second-order valence-electron chi connectivity index (χ2n) is 12.5. The summed E-state index contributed by atoms with van der Waals surface area (Å²) >= 11 is 0. The number of para-hydroxylation sites is 2. The van der Waals surface area contributed by atoms with Crippen molar-refractivity contribution in [2.45, 2.75) is 0 Å². The van der Waals surface area contributed by atoms with E-state index in [1.54, 1.807) is 0 Å². The van der Waals surface area contributed by atoms with Crippen LogP contribution in [0, 0.1) is 0 Å². The van der Waals surface area contributed by atoms with Crippen LogP contribution in [-0.4, -0.2) is 0 Å². The molecule has 0 aliphatic heterocycles. The van der Waals surface area contributed by atoms with Crippen molar-refractivity contribution >= 4 is 71.7 Å². The molecule has 3 heteroatoms. The average molecular weight is 628 g/mol. The van der Waals surface area contributed by atoms with Crippen molar-refractivity contribution in [2.75, 3.05) is 4.90 Å². The number of rotatable bonds is 5. The molecule has 0 aliphatic carbocycles. The molecular weight excluding hydrogens is 599 g/mol. The van der Waals surface area contributed by atoms with Crippen LogP contribution in [0.25, 0.3) is 76.9 Å². The Bertz CT molecular complexity index is 2830. The summed E-state index contributed by atoms with van der Waals surface area (Å²) in [6.07, 6.45) is 0. The van der Waals surface area contributed by atoms with Crippen molar-refractivity contribution in [3.63, 3.8) is 0 Å². The van der Waals surface area contributed by atoms with Gasteiger partial charge in [0, 0.05) is 38.3 Å². The molecule has 0 saturated heterocycles. The first-order valence-electron chi connectivity index (χ1n) is 16.6. The van der Waals surface area contributed by atoms with Crippen LogP contribution in [0.4, 0.5) is 17.1 Å². The van der Waals surface area contributed by atoms with E-state index in [9.17, 15) is 0 Å². The molecule has 0 fully saturated rings. The third-order valence-corrected chi connectivity index (χ3v) is 9.66. The highest BCUT2D eigenvalue weighted by Crippen LogP contribution is 2.44. The van der Waals surface area contributed by atoms with Crippen LogP contribution in [0.15, 0.2) is 185 Å². The lowest BCUT2D eigenvalue weighted by atomic mass is 9.98. The summed E-state index contributed by atoms with van der Waals surface area (Å²) in [5.74, 6) is 0. The van der Waals surface area contributed by atoms with Crippen LogP contribution < -0.4 is 4.90 Å². The third-order valence-electron chi connectivity index (χ3n) is 9.66. The van der Waals surface area contributed by atoms with Gasteiger partial charge in [0.15, 0.2) is 5.58 Å². The van der Waals surface area contributed by atoms with Gasteiger partial charge in [0.2, 0.25) is 0 Å². The predicted octanol–water partition coefficient (Wildman–Crippen LogP) is 13.4. The van der Waals surface area contributed by atoms with E-state index in [-0.39, 0.29) is 0 Å². The van der Waals surface area contributed by atoms with Gasteiger partial charge in [0.1, 0.15) is 16.7 Å². The Labute approximate surface area is 282 Å². The fourth-order valence-electron chi connectivity index (χ4n) is 7.38. The van der Waals surface area contributed by atoms with Crippen LogP contribution in [0.1, 0.15) is 0 Å². The van der Waals surface area contributed by atoms with Gasteiger partial charge in [-0.1, -0.05) is 127 Å². The summed E-state index contributed by atoms with van der Waals surface area (Å²) in [4.78, 5) is 2.31. The summed E-state index contributed by atoms with van der Waals surface area (Å²) in [7, 11) is 0. The van der Waals surface area contributed by atoms with Gasteiger partial charge < -0.3 is 13.7 Å². The monoisotopic (exact) mass is 627 g/mol. The molecule has 0 atom stereocenters. The van der Waals surface area contributed by atoms with Crippen LogP contribution in [0.5, 0.6) is 0 Å². The Morgan fingerprint density at radius 1 is 0.367 bits per heavy atom. The number of hydrogen-bond donors (Lipinski definition) is 0. The van der Waals surface area contributed by atoms with Gasteiger partial charge in [-0.25, -0.2) is 0 Å². The standard InChI is InChI=1S/C46H29NO2/c1-2-11-30(12-3-1)33-14-8-15-35(29-33)47(41-20-9-19-39-38-17-6-7-21-42(38)48-46(39)41)34-26-23-32(24-27-34)36-18-10-22-43-44(36)40-28-25-31-13-4-5-16-37(31)45(40)49-43/h1-29H. The van der Waals surface area contributed by atoms with Crippen LogP contribution in [0.2, 0.25) is 0 Å². The van der Waals surface area contributed by atoms with E-state index in [0.717, 1.165) is 83.0 Å². The molecule has 0 unspecified atom stereocenters. The van der Waals surface area contributed by atoms with Gasteiger partial charge in [-0.2, -0.15) is 0 Å². The average Bonchev–Trinajstić information content (AvgIpc) is 3.75. The first-order valence-corrected chi connectivity index (χ1v) is 16.6. The van der Waals surface area contributed by atoms with E-state index in [1.807, 2.05) is 12.1 Å². The van der Waals surface area contributed by atoms with E-state index < -0.39 is 0 Å². The smallest absolute Gasteiger partial charge is 0.159 e. The van der Waals surface area contributed by atoms with Gasteiger partial charge in [-0.05, 0) is 76.2 Å². The minimum atomic E-state index is 0.861. The molecule has 0 bridgehead atoms. The molecule has 2 heterocycles. The number of anilines is 3. The molecule has 3 nitrogen and oxygen atoms in total. The number of nitrogens with zero attached hydrogens (tertiary/aromatic N) is 1. The summed E-state index contributed by atoms with van der Waals surface area (Å²) in [5.41, 5.74) is 11.3. The molecule has 49 heavy (non-hydrogen) atoms. The number of furan rings is 2. The number of hydrogen-bond acceptors (Lipinski definition) is 3. The fourth-order valence-corrected chi connectivity index (χ4v) is 7.38. The maximum Gasteiger partial charge on any atom is 0.159 e. The highest BCUT2D eigenvalue weighted by Gasteiger charge is 2.20. The van der Waals surface area contributed by atoms with Gasteiger partial charge in [0.05, 0.1) is 5.69 Å². The second kappa shape index (κ2) is 11.0. The topological polar surface area (TPSA) is 29.5 Å². The van der Waals surface area contributed by atoms with E-state index in [2.05, 4.69) is 169 Å². The van der Waals surface area contributed by atoms with Crippen molar-refractivity contribution < 1.29 is 8.83 Å². The Kier molecular flexibility index (Phi) is 6.18. The maximum atomic E-state index is 6.57. The lowest BCUT2D eigenvalue weighted by Crippen LogP contribution is -2.10. The van der Waals surface area contributed by atoms with Crippen molar-refractivity contribution in [2.24, 2.45) is 0 Å². The van der Waals surface area contributed by atoms with Gasteiger partial charge in [-0.15, -0.1) is 0 Å².